The number of aryl methyl sites for hydroxylation is 1. The number of nitrogens with zero attached hydrogens (tertiary/aromatic N) is 1. The molecule has 0 aliphatic carbocycles. The fraction of sp³-hybridized carbons (Fsp3) is 0.200. The number of halogens is 1. The molecule has 9 heteroatoms. The fourth-order valence-corrected chi connectivity index (χ4v) is 4.24. The van der Waals surface area contributed by atoms with Crippen molar-refractivity contribution in [1.29, 1.82) is 0 Å². The number of para-hydroxylation sites is 1. The molecule has 0 bridgehead atoms. The number of nitrogens with one attached hydrogen (secondary N) is 2. The highest BCUT2D eigenvalue weighted by Crippen LogP contribution is 2.32. The van der Waals surface area contributed by atoms with Crippen molar-refractivity contribution < 1.29 is 23.9 Å². The average molecular weight is 546 g/mol. The van der Waals surface area contributed by atoms with Crippen LogP contribution in [0.3, 0.4) is 0 Å². The van der Waals surface area contributed by atoms with E-state index in [0.717, 1.165) is 23.3 Å². The Morgan fingerprint density at radius 3 is 2.33 bits per heavy atom. The van der Waals surface area contributed by atoms with Gasteiger partial charge in [-0.05, 0) is 66.9 Å². The third kappa shape index (κ3) is 6.18. The van der Waals surface area contributed by atoms with Crippen LogP contribution in [0.2, 0.25) is 0 Å². The quantitative estimate of drug-likeness (QED) is 0.187. The molecule has 1 heterocycles. The number of rotatable bonds is 10. The van der Waals surface area contributed by atoms with Gasteiger partial charge in [-0.2, -0.15) is 0 Å². The zero-order valence-electron chi connectivity index (χ0n) is 21.6. The first-order valence-electron chi connectivity index (χ1n) is 12.7. The van der Waals surface area contributed by atoms with E-state index in [2.05, 4.69) is 10.6 Å². The van der Waals surface area contributed by atoms with Gasteiger partial charge in [-0.25, -0.2) is 9.69 Å². The molecule has 0 saturated heterocycles. The SMILES string of the molecule is CCCCOC(=O)c1cccc(NC(=O)c2ccc(NC3=C(Cl)C(=O)N(c4ccccc4CC)C3=O)cc2)c1. The summed E-state index contributed by atoms with van der Waals surface area (Å²) in [5.74, 6) is -1.98. The molecule has 2 N–H and O–H groups in total. The van der Waals surface area contributed by atoms with Gasteiger partial charge in [-0.1, -0.05) is 56.1 Å². The number of carbonyl (C=O) groups is 4. The van der Waals surface area contributed by atoms with Crippen LogP contribution in [0.25, 0.3) is 0 Å². The van der Waals surface area contributed by atoms with E-state index in [1.807, 2.05) is 26.0 Å². The van der Waals surface area contributed by atoms with Gasteiger partial charge < -0.3 is 15.4 Å². The molecule has 4 rings (SSSR count). The predicted molar refractivity (Wildman–Crippen MR) is 151 cm³/mol. The lowest BCUT2D eigenvalue weighted by Gasteiger charge is -2.18. The highest BCUT2D eigenvalue weighted by atomic mass is 35.5. The first kappa shape index (κ1) is 27.6. The van der Waals surface area contributed by atoms with Gasteiger partial charge >= 0.3 is 5.97 Å². The van der Waals surface area contributed by atoms with E-state index < -0.39 is 17.8 Å². The lowest BCUT2D eigenvalue weighted by Crippen LogP contribution is -2.33. The molecule has 200 valence electrons. The summed E-state index contributed by atoms with van der Waals surface area (Å²) in [6.07, 6.45) is 2.35. The maximum absolute atomic E-state index is 13.1. The van der Waals surface area contributed by atoms with Gasteiger partial charge in [-0.3, -0.25) is 14.4 Å². The molecule has 0 saturated carbocycles. The Labute approximate surface area is 231 Å². The molecule has 39 heavy (non-hydrogen) atoms. The van der Waals surface area contributed by atoms with Gasteiger partial charge in [0.05, 0.1) is 17.9 Å². The van der Waals surface area contributed by atoms with Crippen LogP contribution in [-0.4, -0.2) is 30.3 Å². The van der Waals surface area contributed by atoms with Crippen LogP contribution in [0.1, 0.15) is 53.0 Å². The lowest BCUT2D eigenvalue weighted by atomic mass is 10.1. The number of amides is 3. The maximum atomic E-state index is 13.1. The third-order valence-electron chi connectivity index (χ3n) is 6.14. The number of unbranched alkanes of at least 4 members (excludes halogenated alkanes) is 1. The summed E-state index contributed by atoms with van der Waals surface area (Å²) in [6, 6.07) is 20.0. The number of hydrogen-bond donors (Lipinski definition) is 2. The van der Waals surface area contributed by atoms with E-state index in [0.29, 0.717) is 41.2 Å². The topological polar surface area (TPSA) is 105 Å². The number of ether oxygens (including phenoxy) is 1. The predicted octanol–water partition coefficient (Wildman–Crippen LogP) is 5.89. The normalized spacial score (nSPS) is 13.1. The number of anilines is 3. The monoisotopic (exact) mass is 545 g/mol. The minimum atomic E-state index is -0.599. The summed E-state index contributed by atoms with van der Waals surface area (Å²) < 4.78 is 5.23. The van der Waals surface area contributed by atoms with E-state index >= 15 is 0 Å². The van der Waals surface area contributed by atoms with Gasteiger partial charge in [0.25, 0.3) is 17.7 Å². The minimum absolute atomic E-state index is 0.0348. The molecule has 0 spiro atoms. The number of benzene rings is 3. The fourth-order valence-electron chi connectivity index (χ4n) is 4.03. The number of hydrogen-bond acceptors (Lipinski definition) is 6. The molecule has 3 aromatic carbocycles. The Hall–Kier alpha value is -4.43. The van der Waals surface area contributed by atoms with Crippen LogP contribution < -0.4 is 15.5 Å². The van der Waals surface area contributed by atoms with Crippen LogP contribution >= 0.6 is 11.6 Å². The van der Waals surface area contributed by atoms with Gasteiger partial charge in [0.1, 0.15) is 10.7 Å². The molecule has 0 unspecified atom stereocenters. The zero-order chi connectivity index (χ0) is 27.9. The van der Waals surface area contributed by atoms with Gasteiger partial charge in [0.15, 0.2) is 0 Å². The first-order valence-corrected chi connectivity index (χ1v) is 13.0. The van der Waals surface area contributed by atoms with E-state index in [4.69, 9.17) is 16.3 Å². The number of imide groups is 1. The smallest absolute Gasteiger partial charge is 0.338 e. The van der Waals surface area contributed by atoms with E-state index in [1.165, 1.54) is 0 Å². The molecule has 1 aliphatic heterocycles. The molecule has 0 aromatic heterocycles. The molecule has 0 atom stereocenters. The second-order valence-corrected chi connectivity index (χ2v) is 9.22. The molecular formula is C30H28ClN3O5. The van der Waals surface area contributed by atoms with Crippen LogP contribution in [0.15, 0.2) is 83.5 Å². The highest BCUT2D eigenvalue weighted by Gasteiger charge is 2.39. The molecule has 8 nitrogen and oxygen atoms in total. The second kappa shape index (κ2) is 12.4. The minimum Gasteiger partial charge on any atom is -0.462 e. The molecule has 3 aromatic rings. The zero-order valence-corrected chi connectivity index (χ0v) is 22.4. The van der Waals surface area contributed by atoms with E-state index in [9.17, 15) is 19.2 Å². The molecular weight excluding hydrogens is 518 g/mol. The number of esters is 1. The van der Waals surface area contributed by atoms with Crippen molar-refractivity contribution in [2.24, 2.45) is 0 Å². The van der Waals surface area contributed by atoms with Crippen LogP contribution in [0, 0.1) is 0 Å². The van der Waals surface area contributed by atoms with Crippen molar-refractivity contribution in [2.45, 2.75) is 33.1 Å². The highest BCUT2D eigenvalue weighted by molar-refractivity contribution is 6.53. The van der Waals surface area contributed by atoms with Crippen molar-refractivity contribution in [1.82, 2.24) is 0 Å². The standard InChI is InChI=1S/C30H28ClN3O5/c1-3-5-17-39-30(38)21-10-8-11-23(18-21)33-27(35)20-13-15-22(16-14-20)32-26-25(31)28(36)34(29(26)37)24-12-7-6-9-19(24)4-2/h6-16,18,32H,3-5,17H2,1-2H3,(H,33,35). The van der Waals surface area contributed by atoms with Crippen molar-refractivity contribution >= 4 is 52.4 Å². The summed E-state index contributed by atoms with van der Waals surface area (Å²) >= 11 is 6.26. The Kier molecular flexibility index (Phi) is 8.78. The van der Waals surface area contributed by atoms with Crippen LogP contribution in [0.5, 0.6) is 0 Å². The molecule has 3 amide bonds. The molecule has 0 radical (unpaired) electrons. The van der Waals surface area contributed by atoms with E-state index in [1.54, 1.807) is 60.7 Å². The largest absolute Gasteiger partial charge is 0.462 e. The maximum Gasteiger partial charge on any atom is 0.338 e. The Balaban J connectivity index is 1.43. The Morgan fingerprint density at radius 1 is 0.872 bits per heavy atom. The second-order valence-electron chi connectivity index (χ2n) is 8.84. The van der Waals surface area contributed by atoms with Gasteiger partial charge in [0, 0.05) is 16.9 Å². The Bertz CT molecular complexity index is 1450. The van der Waals surface area contributed by atoms with Crippen molar-refractivity contribution in [3.05, 3.63) is 100 Å². The molecule has 1 aliphatic rings. The summed E-state index contributed by atoms with van der Waals surface area (Å²) in [6.45, 7) is 4.29. The Morgan fingerprint density at radius 2 is 1.62 bits per heavy atom. The summed E-state index contributed by atoms with van der Waals surface area (Å²) in [5.41, 5.74) is 2.93. The molecule has 0 fully saturated rings. The summed E-state index contributed by atoms with van der Waals surface area (Å²) in [7, 11) is 0. The lowest BCUT2D eigenvalue weighted by molar-refractivity contribution is -0.120. The van der Waals surface area contributed by atoms with E-state index in [-0.39, 0.29) is 16.6 Å². The van der Waals surface area contributed by atoms with Gasteiger partial charge in [0.2, 0.25) is 0 Å². The van der Waals surface area contributed by atoms with Crippen molar-refractivity contribution in [3.8, 4) is 0 Å². The van der Waals surface area contributed by atoms with Crippen LogP contribution in [-0.2, 0) is 20.7 Å². The van der Waals surface area contributed by atoms with Gasteiger partial charge in [-0.15, -0.1) is 0 Å². The first-order chi connectivity index (χ1) is 18.8. The average Bonchev–Trinajstić information content (AvgIpc) is 3.16. The number of carbonyl (C=O) groups excluding carboxylic acids is 4. The summed E-state index contributed by atoms with van der Waals surface area (Å²) in [5, 5.41) is 5.47. The summed E-state index contributed by atoms with van der Waals surface area (Å²) in [4.78, 5) is 52.0. The van der Waals surface area contributed by atoms with Crippen molar-refractivity contribution in [3.63, 3.8) is 0 Å². The van der Waals surface area contributed by atoms with Crippen LogP contribution in [0.4, 0.5) is 17.1 Å². The third-order valence-corrected chi connectivity index (χ3v) is 6.49. The van der Waals surface area contributed by atoms with Crippen molar-refractivity contribution in [2.75, 3.05) is 22.1 Å².